The SMILES string of the molecule is C=CCC/C(O)=C/C(C)=O. The summed E-state index contributed by atoms with van der Waals surface area (Å²) in [6, 6.07) is 0. The van der Waals surface area contributed by atoms with Crippen LogP contribution in [-0.4, -0.2) is 10.9 Å². The highest BCUT2D eigenvalue weighted by molar-refractivity contribution is 5.87. The minimum absolute atomic E-state index is 0.124. The molecule has 0 unspecified atom stereocenters. The number of allylic oxidation sites excluding steroid dienone is 3. The zero-order valence-corrected chi connectivity index (χ0v) is 6.13. The molecule has 0 heterocycles. The van der Waals surface area contributed by atoms with Crippen molar-refractivity contribution in [3.05, 3.63) is 24.5 Å². The van der Waals surface area contributed by atoms with Crippen molar-refractivity contribution in [1.29, 1.82) is 0 Å². The summed E-state index contributed by atoms with van der Waals surface area (Å²) in [6.45, 7) is 4.90. The first kappa shape index (κ1) is 8.95. The van der Waals surface area contributed by atoms with E-state index in [1.807, 2.05) is 0 Å². The molecule has 0 aromatic heterocycles. The van der Waals surface area contributed by atoms with Crippen LogP contribution in [0.3, 0.4) is 0 Å². The van der Waals surface area contributed by atoms with E-state index in [4.69, 9.17) is 5.11 Å². The average Bonchev–Trinajstić information content (AvgIpc) is 1.82. The Balaban J connectivity index is 3.70. The largest absolute Gasteiger partial charge is 0.512 e. The van der Waals surface area contributed by atoms with E-state index in [0.717, 1.165) is 0 Å². The number of hydrogen-bond acceptors (Lipinski definition) is 2. The molecule has 1 N–H and O–H groups in total. The maximum atomic E-state index is 10.4. The molecular weight excluding hydrogens is 128 g/mol. The van der Waals surface area contributed by atoms with Crippen LogP contribution in [-0.2, 0) is 4.79 Å². The van der Waals surface area contributed by atoms with Crippen molar-refractivity contribution >= 4 is 5.78 Å². The lowest BCUT2D eigenvalue weighted by atomic mass is 10.2. The summed E-state index contributed by atoms with van der Waals surface area (Å²) in [5.41, 5.74) is 0. The molecular formula is C8H12O2. The average molecular weight is 140 g/mol. The van der Waals surface area contributed by atoms with Crippen LogP contribution in [0.5, 0.6) is 0 Å². The first-order valence-corrected chi connectivity index (χ1v) is 3.18. The highest BCUT2D eigenvalue weighted by Crippen LogP contribution is 2.00. The van der Waals surface area contributed by atoms with E-state index in [1.54, 1.807) is 6.08 Å². The lowest BCUT2D eigenvalue weighted by Crippen LogP contribution is -1.87. The van der Waals surface area contributed by atoms with E-state index in [2.05, 4.69) is 6.58 Å². The molecule has 2 nitrogen and oxygen atoms in total. The second kappa shape index (κ2) is 4.79. The number of ketones is 1. The quantitative estimate of drug-likeness (QED) is 0.368. The van der Waals surface area contributed by atoms with Gasteiger partial charge in [0, 0.05) is 12.5 Å². The van der Waals surface area contributed by atoms with Crippen LogP contribution < -0.4 is 0 Å². The van der Waals surface area contributed by atoms with Gasteiger partial charge >= 0.3 is 0 Å². The van der Waals surface area contributed by atoms with Gasteiger partial charge in [-0.1, -0.05) is 6.08 Å². The molecule has 0 fully saturated rings. The van der Waals surface area contributed by atoms with Crippen molar-refractivity contribution in [2.45, 2.75) is 19.8 Å². The van der Waals surface area contributed by atoms with Crippen LogP contribution in [0.15, 0.2) is 24.5 Å². The molecule has 0 radical (unpaired) electrons. The third-order valence-corrected chi connectivity index (χ3v) is 0.974. The Bertz CT molecular complexity index is 157. The highest BCUT2D eigenvalue weighted by atomic mass is 16.3. The van der Waals surface area contributed by atoms with Gasteiger partial charge in [0.1, 0.15) is 0 Å². The van der Waals surface area contributed by atoms with Crippen molar-refractivity contribution in [2.75, 3.05) is 0 Å². The first-order valence-electron chi connectivity index (χ1n) is 3.18. The van der Waals surface area contributed by atoms with Gasteiger partial charge in [-0.3, -0.25) is 4.79 Å². The standard InChI is InChI=1S/C8H12O2/c1-3-4-5-8(10)6-7(2)9/h3,6,10H,1,4-5H2,2H3/b8-6-. The van der Waals surface area contributed by atoms with E-state index in [9.17, 15) is 4.79 Å². The minimum atomic E-state index is -0.124. The van der Waals surface area contributed by atoms with Gasteiger partial charge < -0.3 is 5.11 Å². The number of carbonyl (C=O) groups excluding carboxylic acids is 1. The monoisotopic (exact) mass is 140 g/mol. The molecule has 0 saturated heterocycles. The fourth-order valence-corrected chi connectivity index (χ4v) is 0.557. The van der Waals surface area contributed by atoms with E-state index < -0.39 is 0 Å². The summed E-state index contributed by atoms with van der Waals surface area (Å²) in [7, 11) is 0. The Kier molecular flexibility index (Phi) is 4.29. The highest BCUT2D eigenvalue weighted by Gasteiger charge is 1.92. The zero-order chi connectivity index (χ0) is 7.98. The minimum Gasteiger partial charge on any atom is -0.512 e. The second-order valence-corrected chi connectivity index (χ2v) is 2.07. The first-order chi connectivity index (χ1) is 4.66. The van der Waals surface area contributed by atoms with Crippen molar-refractivity contribution in [3.8, 4) is 0 Å². The number of rotatable bonds is 4. The molecule has 0 aliphatic rings. The van der Waals surface area contributed by atoms with Crippen LogP contribution in [0.2, 0.25) is 0 Å². The van der Waals surface area contributed by atoms with Crippen LogP contribution in [0.4, 0.5) is 0 Å². The molecule has 0 aromatic carbocycles. The van der Waals surface area contributed by atoms with Crippen molar-refractivity contribution in [2.24, 2.45) is 0 Å². The fraction of sp³-hybridized carbons (Fsp3) is 0.375. The van der Waals surface area contributed by atoms with Gasteiger partial charge in [0.15, 0.2) is 5.78 Å². The van der Waals surface area contributed by atoms with E-state index in [1.165, 1.54) is 13.0 Å². The molecule has 0 aliphatic carbocycles. The number of aliphatic hydroxyl groups excluding tert-OH is 1. The maximum Gasteiger partial charge on any atom is 0.155 e. The Hall–Kier alpha value is -1.05. The van der Waals surface area contributed by atoms with Gasteiger partial charge in [-0.05, 0) is 13.3 Å². The van der Waals surface area contributed by atoms with Crippen molar-refractivity contribution < 1.29 is 9.90 Å². The number of carbonyl (C=O) groups is 1. The summed E-state index contributed by atoms with van der Waals surface area (Å²) in [5.74, 6) is 0.00830. The molecule has 0 bridgehead atoms. The second-order valence-electron chi connectivity index (χ2n) is 2.07. The van der Waals surface area contributed by atoms with Gasteiger partial charge in [-0.25, -0.2) is 0 Å². The maximum absolute atomic E-state index is 10.4. The van der Waals surface area contributed by atoms with E-state index >= 15 is 0 Å². The zero-order valence-electron chi connectivity index (χ0n) is 6.13. The summed E-state index contributed by atoms with van der Waals surface area (Å²) in [5, 5.41) is 8.94. The topological polar surface area (TPSA) is 37.3 Å². The normalized spacial score (nSPS) is 11.1. The molecule has 0 aromatic rings. The summed E-state index contributed by atoms with van der Waals surface area (Å²) < 4.78 is 0. The van der Waals surface area contributed by atoms with Gasteiger partial charge in [0.05, 0.1) is 5.76 Å². The molecule has 0 atom stereocenters. The molecule has 0 spiro atoms. The van der Waals surface area contributed by atoms with Crippen LogP contribution in [0.1, 0.15) is 19.8 Å². The molecule has 0 saturated carbocycles. The van der Waals surface area contributed by atoms with E-state index in [0.29, 0.717) is 12.8 Å². The summed E-state index contributed by atoms with van der Waals surface area (Å²) in [4.78, 5) is 10.4. The molecule has 10 heavy (non-hydrogen) atoms. The summed E-state index contributed by atoms with van der Waals surface area (Å²) in [6.07, 6.45) is 4.13. The van der Waals surface area contributed by atoms with Gasteiger partial charge in [-0.15, -0.1) is 6.58 Å². The Labute approximate surface area is 60.9 Å². The molecule has 0 aliphatic heterocycles. The van der Waals surface area contributed by atoms with Crippen LogP contribution in [0.25, 0.3) is 0 Å². The van der Waals surface area contributed by atoms with Gasteiger partial charge in [0.2, 0.25) is 0 Å². The van der Waals surface area contributed by atoms with Crippen molar-refractivity contribution in [1.82, 2.24) is 0 Å². The van der Waals surface area contributed by atoms with Crippen molar-refractivity contribution in [3.63, 3.8) is 0 Å². The fourth-order valence-electron chi connectivity index (χ4n) is 0.557. The van der Waals surface area contributed by atoms with E-state index in [-0.39, 0.29) is 11.5 Å². The lowest BCUT2D eigenvalue weighted by Gasteiger charge is -1.92. The Morgan fingerprint density at radius 2 is 2.30 bits per heavy atom. The molecule has 2 heteroatoms. The Morgan fingerprint density at radius 1 is 1.70 bits per heavy atom. The third-order valence-electron chi connectivity index (χ3n) is 0.974. The smallest absolute Gasteiger partial charge is 0.155 e. The predicted molar refractivity (Wildman–Crippen MR) is 40.8 cm³/mol. The predicted octanol–water partition coefficient (Wildman–Crippen LogP) is 1.98. The molecule has 56 valence electrons. The third kappa shape index (κ3) is 5.09. The Morgan fingerprint density at radius 3 is 2.70 bits per heavy atom. The van der Waals surface area contributed by atoms with Gasteiger partial charge in [-0.2, -0.15) is 0 Å². The number of hydrogen-bond donors (Lipinski definition) is 1. The van der Waals surface area contributed by atoms with Crippen LogP contribution >= 0.6 is 0 Å². The molecule has 0 amide bonds. The molecule has 0 rings (SSSR count). The van der Waals surface area contributed by atoms with Crippen LogP contribution in [0, 0.1) is 0 Å². The van der Waals surface area contributed by atoms with Gasteiger partial charge in [0.25, 0.3) is 0 Å². The lowest BCUT2D eigenvalue weighted by molar-refractivity contribution is -0.112. The number of aliphatic hydroxyl groups is 1. The summed E-state index contributed by atoms with van der Waals surface area (Å²) >= 11 is 0.